The van der Waals surface area contributed by atoms with Gasteiger partial charge in [-0.2, -0.15) is 0 Å². The van der Waals surface area contributed by atoms with Crippen LogP contribution >= 0.6 is 0 Å². The summed E-state index contributed by atoms with van der Waals surface area (Å²) in [4.78, 5) is 36.0. The molecule has 2 aromatic rings. The number of aromatic nitrogens is 2. The van der Waals surface area contributed by atoms with E-state index in [1.165, 1.54) is 23.6 Å². The maximum Gasteiger partial charge on any atom is 0.257 e. The lowest BCUT2D eigenvalue weighted by Crippen LogP contribution is -2.36. The van der Waals surface area contributed by atoms with Gasteiger partial charge in [0.1, 0.15) is 12.1 Å². The van der Waals surface area contributed by atoms with Crippen molar-refractivity contribution in [3.8, 4) is 0 Å². The highest BCUT2D eigenvalue weighted by molar-refractivity contribution is 5.95. The number of hydrogen-bond acceptors (Lipinski definition) is 4. The topological polar surface area (TPSA) is 66.4 Å². The first kappa shape index (κ1) is 18.4. The van der Waals surface area contributed by atoms with Crippen LogP contribution in [0.2, 0.25) is 0 Å². The lowest BCUT2D eigenvalue weighted by Gasteiger charge is -2.25. The highest BCUT2D eigenvalue weighted by Gasteiger charge is 2.46. The molecule has 146 valence electrons. The normalized spacial score (nSPS) is 21.5. The predicted octanol–water partition coefficient (Wildman–Crippen LogP) is 2.27. The number of nitrogens with zero attached hydrogens (tertiary/aromatic N) is 4. The zero-order chi connectivity index (χ0) is 19.9. The Labute approximate surface area is 159 Å². The molecule has 4 rings (SSSR count). The van der Waals surface area contributed by atoms with Crippen molar-refractivity contribution in [1.82, 2.24) is 19.8 Å². The van der Waals surface area contributed by atoms with E-state index in [1.807, 2.05) is 0 Å². The van der Waals surface area contributed by atoms with Crippen LogP contribution in [-0.4, -0.2) is 57.8 Å². The molecule has 3 heterocycles. The van der Waals surface area contributed by atoms with Crippen molar-refractivity contribution in [3.63, 3.8) is 0 Å². The molecule has 2 aliphatic heterocycles. The molecule has 6 nitrogen and oxygen atoms in total. The van der Waals surface area contributed by atoms with Gasteiger partial charge < -0.3 is 9.80 Å². The van der Waals surface area contributed by atoms with Crippen molar-refractivity contribution in [2.45, 2.75) is 12.8 Å². The second-order valence-electron chi connectivity index (χ2n) is 7.33. The fourth-order valence-corrected chi connectivity index (χ4v) is 4.00. The van der Waals surface area contributed by atoms with Crippen molar-refractivity contribution < 1.29 is 22.8 Å². The van der Waals surface area contributed by atoms with Gasteiger partial charge in [-0.25, -0.2) is 23.1 Å². The number of carbonyl (C=O) groups is 2. The van der Waals surface area contributed by atoms with Crippen LogP contribution in [0.4, 0.5) is 13.2 Å². The van der Waals surface area contributed by atoms with Gasteiger partial charge in [0.05, 0.1) is 11.1 Å². The van der Waals surface area contributed by atoms with E-state index in [2.05, 4.69) is 9.97 Å². The van der Waals surface area contributed by atoms with E-state index in [4.69, 9.17) is 0 Å². The monoisotopic (exact) mass is 390 g/mol. The number of hydrogen-bond donors (Lipinski definition) is 0. The quantitative estimate of drug-likeness (QED) is 0.738. The predicted molar refractivity (Wildman–Crippen MR) is 91.8 cm³/mol. The number of amides is 2. The SMILES string of the molecule is O=C(c1cncnc1)N1CCC2(CCN(C(=O)c3cc(F)c(F)cc3F)C2)C1. The van der Waals surface area contributed by atoms with Crippen LogP contribution in [0.15, 0.2) is 30.9 Å². The number of rotatable bonds is 2. The summed E-state index contributed by atoms with van der Waals surface area (Å²) in [6, 6.07) is 0.976. The summed E-state index contributed by atoms with van der Waals surface area (Å²) in [6.45, 7) is 1.70. The van der Waals surface area contributed by atoms with E-state index in [0.29, 0.717) is 56.7 Å². The Hall–Kier alpha value is -2.97. The molecule has 1 spiro atoms. The molecule has 28 heavy (non-hydrogen) atoms. The van der Waals surface area contributed by atoms with E-state index in [9.17, 15) is 22.8 Å². The first-order chi connectivity index (χ1) is 13.4. The van der Waals surface area contributed by atoms with Crippen LogP contribution in [0.1, 0.15) is 33.6 Å². The Morgan fingerprint density at radius 1 is 0.857 bits per heavy atom. The van der Waals surface area contributed by atoms with Gasteiger partial charge >= 0.3 is 0 Å². The summed E-state index contributed by atoms with van der Waals surface area (Å²) >= 11 is 0. The van der Waals surface area contributed by atoms with Gasteiger partial charge in [0.15, 0.2) is 11.6 Å². The summed E-state index contributed by atoms with van der Waals surface area (Å²) in [5.41, 5.74) is -0.367. The fraction of sp³-hybridized carbons (Fsp3) is 0.368. The zero-order valence-electron chi connectivity index (χ0n) is 14.9. The molecule has 1 aromatic carbocycles. The van der Waals surface area contributed by atoms with Crippen molar-refractivity contribution >= 4 is 11.8 Å². The molecule has 0 saturated carbocycles. The highest BCUT2D eigenvalue weighted by atomic mass is 19.2. The molecule has 2 fully saturated rings. The van der Waals surface area contributed by atoms with E-state index in [-0.39, 0.29) is 11.3 Å². The number of halogens is 3. The van der Waals surface area contributed by atoms with E-state index in [0.717, 1.165) is 0 Å². The maximum atomic E-state index is 13.9. The zero-order valence-corrected chi connectivity index (χ0v) is 14.9. The maximum absolute atomic E-state index is 13.9. The van der Waals surface area contributed by atoms with Gasteiger partial charge in [0.2, 0.25) is 0 Å². The lowest BCUT2D eigenvalue weighted by molar-refractivity contribution is 0.0752. The molecule has 1 unspecified atom stereocenters. The Bertz CT molecular complexity index is 940. The van der Waals surface area contributed by atoms with Gasteiger partial charge in [-0.1, -0.05) is 0 Å². The van der Waals surface area contributed by atoms with Crippen molar-refractivity contribution in [2.75, 3.05) is 26.2 Å². The van der Waals surface area contributed by atoms with Crippen LogP contribution in [0.25, 0.3) is 0 Å². The van der Waals surface area contributed by atoms with Crippen LogP contribution in [0.3, 0.4) is 0 Å². The molecule has 2 aliphatic rings. The van der Waals surface area contributed by atoms with Gasteiger partial charge in [-0.05, 0) is 18.9 Å². The Balaban J connectivity index is 1.46. The minimum atomic E-state index is -1.33. The fourth-order valence-electron chi connectivity index (χ4n) is 4.00. The smallest absolute Gasteiger partial charge is 0.257 e. The third kappa shape index (κ3) is 3.21. The van der Waals surface area contributed by atoms with E-state index in [1.54, 1.807) is 4.90 Å². The third-order valence-electron chi connectivity index (χ3n) is 5.50. The summed E-state index contributed by atoms with van der Waals surface area (Å²) in [6.07, 6.45) is 5.61. The number of carbonyl (C=O) groups excluding carboxylic acids is 2. The average Bonchev–Trinajstić information content (AvgIpc) is 3.31. The second kappa shape index (κ2) is 6.88. The van der Waals surface area contributed by atoms with Gasteiger partial charge in [-0.3, -0.25) is 9.59 Å². The Kier molecular flexibility index (Phi) is 4.52. The van der Waals surface area contributed by atoms with Gasteiger partial charge in [-0.15, -0.1) is 0 Å². The molecule has 2 saturated heterocycles. The van der Waals surface area contributed by atoms with Crippen LogP contribution < -0.4 is 0 Å². The molecule has 2 amide bonds. The molecule has 9 heteroatoms. The number of likely N-dealkylation sites (tertiary alicyclic amines) is 2. The highest BCUT2D eigenvalue weighted by Crippen LogP contribution is 2.40. The summed E-state index contributed by atoms with van der Waals surface area (Å²) in [5, 5.41) is 0. The van der Waals surface area contributed by atoms with Gasteiger partial charge in [0.25, 0.3) is 11.8 Å². The Morgan fingerprint density at radius 3 is 2.07 bits per heavy atom. The molecule has 1 aromatic heterocycles. The molecule has 0 N–H and O–H groups in total. The summed E-state index contributed by atoms with van der Waals surface area (Å²) in [7, 11) is 0. The van der Waals surface area contributed by atoms with E-state index >= 15 is 0 Å². The Morgan fingerprint density at radius 2 is 1.43 bits per heavy atom. The van der Waals surface area contributed by atoms with E-state index < -0.39 is 28.9 Å². The largest absolute Gasteiger partial charge is 0.338 e. The van der Waals surface area contributed by atoms with Crippen molar-refractivity contribution in [2.24, 2.45) is 5.41 Å². The lowest BCUT2D eigenvalue weighted by atomic mass is 9.86. The average molecular weight is 390 g/mol. The summed E-state index contributed by atoms with van der Waals surface area (Å²) in [5.74, 6) is -4.52. The second-order valence-corrected chi connectivity index (χ2v) is 7.33. The third-order valence-corrected chi connectivity index (χ3v) is 5.50. The molecular formula is C19H17F3N4O2. The van der Waals surface area contributed by atoms with Gasteiger partial charge in [0, 0.05) is 50.1 Å². The van der Waals surface area contributed by atoms with Crippen LogP contribution in [-0.2, 0) is 0 Å². The standard InChI is InChI=1S/C19H17F3N4O2/c20-14-6-16(22)15(21)5-13(14)18(28)26-4-2-19(10-26)1-3-25(9-19)17(27)12-7-23-11-24-8-12/h5-8,11H,1-4,9-10H2. The minimum absolute atomic E-state index is 0.172. The molecule has 0 radical (unpaired) electrons. The first-order valence-electron chi connectivity index (χ1n) is 8.87. The van der Waals surface area contributed by atoms with Crippen LogP contribution in [0.5, 0.6) is 0 Å². The van der Waals surface area contributed by atoms with Crippen LogP contribution in [0, 0.1) is 22.9 Å². The molecule has 0 aliphatic carbocycles. The number of benzene rings is 1. The first-order valence-corrected chi connectivity index (χ1v) is 8.87. The molecular weight excluding hydrogens is 373 g/mol. The minimum Gasteiger partial charge on any atom is -0.338 e. The van der Waals surface area contributed by atoms with Crippen molar-refractivity contribution in [3.05, 3.63) is 59.4 Å². The molecule has 1 atom stereocenters. The van der Waals surface area contributed by atoms with Crippen molar-refractivity contribution in [1.29, 1.82) is 0 Å². The summed E-state index contributed by atoms with van der Waals surface area (Å²) < 4.78 is 40.5. The molecule has 0 bridgehead atoms.